The molecule has 4 aromatic carbocycles. The highest BCUT2D eigenvalue weighted by Gasteiger charge is 2.18. The second-order valence-corrected chi connectivity index (χ2v) is 14.9. The maximum atomic E-state index is 11.5. The lowest BCUT2D eigenvalue weighted by molar-refractivity contribution is -0.137. The summed E-state index contributed by atoms with van der Waals surface area (Å²) in [5.74, 6) is -0.829. The molecule has 0 bridgehead atoms. The number of benzene rings is 4. The smallest absolute Gasteiger partial charge is 0.335 e. The van der Waals surface area contributed by atoms with Crippen LogP contribution in [0.5, 0.6) is 5.75 Å². The predicted octanol–water partition coefficient (Wildman–Crippen LogP) is 8.63. The van der Waals surface area contributed by atoms with Gasteiger partial charge in [-0.1, -0.05) is 43.3 Å². The molecule has 16 nitrogen and oxygen atoms in total. The standard InChI is InChI=1S/C41H44N8O8S/c1-3-19-49(20-8-14-39(50)51)41-43-37(24-29-15-17-33(18-16-29)46-45-32-11-5-4-6-12-32)42-38(44-41)26-31-23-28(2)35(27-36(31)57-21-9-22-58(54,55)56)48-47-34-13-7-10-30(25-34)40(52)53/h4-7,10-13,15-18,23,25,27H,3,8-9,14,19-22,24,26H2,1-2H3,(H,50,51)(H,52,53)(H,54,55,56). The number of azo groups is 2. The highest BCUT2D eigenvalue weighted by molar-refractivity contribution is 7.85. The molecular weight excluding hydrogens is 765 g/mol. The Balaban J connectivity index is 1.48. The Morgan fingerprint density at radius 1 is 0.759 bits per heavy atom. The molecule has 0 atom stereocenters. The predicted molar refractivity (Wildman–Crippen MR) is 217 cm³/mol. The van der Waals surface area contributed by atoms with Gasteiger partial charge in [0, 0.05) is 44.0 Å². The van der Waals surface area contributed by atoms with Gasteiger partial charge in [-0.25, -0.2) is 9.78 Å². The van der Waals surface area contributed by atoms with Crippen LogP contribution in [0.4, 0.5) is 28.7 Å². The molecule has 5 aromatic rings. The van der Waals surface area contributed by atoms with Gasteiger partial charge in [0.1, 0.15) is 17.4 Å². The first-order chi connectivity index (χ1) is 27.8. The molecule has 0 aliphatic rings. The fourth-order valence-electron chi connectivity index (χ4n) is 5.75. The zero-order chi connectivity index (χ0) is 41.5. The van der Waals surface area contributed by atoms with Crippen molar-refractivity contribution in [1.29, 1.82) is 0 Å². The van der Waals surface area contributed by atoms with Crippen LogP contribution < -0.4 is 9.64 Å². The fraction of sp³-hybridized carbons (Fsp3) is 0.293. The second kappa shape index (κ2) is 20.6. The normalized spacial score (nSPS) is 11.6. The quantitative estimate of drug-likeness (QED) is 0.0359. The summed E-state index contributed by atoms with van der Waals surface area (Å²) >= 11 is 0. The number of carbonyl (C=O) groups is 2. The molecule has 0 fully saturated rings. The van der Waals surface area contributed by atoms with Gasteiger partial charge in [-0.2, -0.15) is 38.8 Å². The van der Waals surface area contributed by atoms with E-state index in [1.807, 2.05) is 79.4 Å². The Morgan fingerprint density at radius 3 is 2.10 bits per heavy atom. The minimum Gasteiger partial charge on any atom is -0.493 e. The molecule has 0 aliphatic carbocycles. The van der Waals surface area contributed by atoms with Gasteiger partial charge in [-0.05, 0) is 85.8 Å². The van der Waals surface area contributed by atoms with Crippen LogP contribution in [0.3, 0.4) is 0 Å². The highest BCUT2D eigenvalue weighted by atomic mass is 32.2. The molecule has 1 heterocycles. The van der Waals surface area contributed by atoms with Crippen LogP contribution in [0.2, 0.25) is 0 Å². The molecule has 0 aliphatic heterocycles. The monoisotopic (exact) mass is 808 g/mol. The number of anilines is 1. The molecule has 0 saturated carbocycles. The van der Waals surface area contributed by atoms with Crippen molar-refractivity contribution in [3.63, 3.8) is 0 Å². The van der Waals surface area contributed by atoms with Crippen molar-refractivity contribution in [1.82, 2.24) is 15.0 Å². The van der Waals surface area contributed by atoms with E-state index in [-0.39, 0.29) is 31.4 Å². The molecule has 302 valence electrons. The molecule has 0 amide bonds. The van der Waals surface area contributed by atoms with Crippen molar-refractivity contribution < 1.29 is 37.5 Å². The van der Waals surface area contributed by atoms with E-state index in [9.17, 15) is 32.8 Å². The van der Waals surface area contributed by atoms with Gasteiger partial charge in [-0.15, -0.1) is 0 Å². The number of aromatic carboxylic acids is 1. The Labute approximate surface area is 336 Å². The van der Waals surface area contributed by atoms with Crippen molar-refractivity contribution in [3.8, 4) is 5.75 Å². The fourth-order valence-corrected chi connectivity index (χ4v) is 6.24. The number of ether oxygens (including phenoxy) is 1. The third-order valence-electron chi connectivity index (χ3n) is 8.55. The maximum absolute atomic E-state index is 11.5. The number of carboxylic acids is 2. The van der Waals surface area contributed by atoms with Crippen LogP contribution >= 0.6 is 0 Å². The molecule has 1 aromatic heterocycles. The van der Waals surface area contributed by atoms with E-state index in [1.54, 1.807) is 18.2 Å². The average molecular weight is 809 g/mol. The number of rotatable bonds is 21. The molecule has 5 rings (SSSR count). The van der Waals surface area contributed by atoms with Crippen molar-refractivity contribution >= 4 is 50.8 Å². The van der Waals surface area contributed by atoms with Gasteiger partial charge >= 0.3 is 11.9 Å². The second-order valence-electron chi connectivity index (χ2n) is 13.3. The van der Waals surface area contributed by atoms with Crippen LogP contribution in [-0.2, 0) is 27.8 Å². The SMILES string of the molecule is CCCN(CCCC(=O)O)c1nc(Cc2ccc(N=Nc3ccccc3)cc2)nc(Cc2cc(C)c(N=Nc3cccc(C(=O)O)c3)cc2OCCCS(=O)(=O)O)n1. The molecule has 0 radical (unpaired) electrons. The zero-order valence-electron chi connectivity index (χ0n) is 32.1. The average Bonchev–Trinajstić information content (AvgIpc) is 3.19. The largest absolute Gasteiger partial charge is 0.493 e. The summed E-state index contributed by atoms with van der Waals surface area (Å²) in [6, 6.07) is 26.5. The number of aliphatic carboxylic acids is 1. The molecule has 0 saturated heterocycles. The first-order valence-electron chi connectivity index (χ1n) is 18.6. The number of hydrogen-bond donors (Lipinski definition) is 3. The van der Waals surface area contributed by atoms with E-state index in [0.29, 0.717) is 77.5 Å². The summed E-state index contributed by atoms with van der Waals surface area (Å²) in [7, 11) is -4.21. The molecule has 0 unspecified atom stereocenters. The topological polar surface area (TPSA) is 230 Å². The first kappa shape index (κ1) is 42.7. The Bertz CT molecular complexity index is 2360. The molecule has 17 heteroatoms. The van der Waals surface area contributed by atoms with Gasteiger partial charge in [-0.3, -0.25) is 9.35 Å². The summed E-state index contributed by atoms with van der Waals surface area (Å²) in [4.78, 5) is 39.3. The first-order valence-corrected chi connectivity index (χ1v) is 20.2. The Hall–Kier alpha value is -6.46. The zero-order valence-corrected chi connectivity index (χ0v) is 32.9. The summed E-state index contributed by atoms with van der Waals surface area (Å²) in [6.45, 7) is 4.79. The molecule has 0 spiro atoms. The van der Waals surface area contributed by atoms with Crippen LogP contribution in [0.1, 0.15) is 71.3 Å². The summed E-state index contributed by atoms with van der Waals surface area (Å²) in [5, 5.41) is 35.9. The lowest BCUT2D eigenvalue weighted by atomic mass is 10.1. The Morgan fingerprint density at radius 2 is 1.43 bits per heavy atom. The number of carboxylic acid groups (broad SMARTS) is 2. The van der Waals surface area contributed by atoms with Crippen LogP contribution in [-0.4, -0.2) is 75.5 Å². The van der Waals surface area contributed by atoms with Gasteiger partial charge in [0.25, 0.3) is 10.1 Å². The van der Waals surface area contributed by atoms with Gasteiger partial charge < -0.3 is 19.8 Å². The molecule has 58 heavy (non-hydrogen) atoms. The van der Waals surface area contributed by atoms with Crippen molar-refractivity contribution in [2.24, 2.45) is 20.5 Å². The third kappa shape index (κ3) is 13.6. The Kier molecular flexibility index (Phi) is 15.2. The lowest BCUT2D eigenvalue weighted by Gasteiger charge is -2.23. The van der Waals surface area contributed by atoms with Gasteiger partial charge in [0.05, 0.1) is 40.7 Å². The minimum absolute atomic E-state index is 0.00872. The van der Waals surface area contributed by atoms with E-state index in [2.05, 4.69) is 20.5 Å². The third-order valence-corrected chi connectivity index (χ3v) is 9.35. The summed E-state index contributed by atoms with van der Waals surface area (Å²) < 4.78 is 38.1. The van der Waals surface area contributed by atoms with E-state index in [1.165, 1.54) is 12.1 Å². The number of aryl methyl sites for hydroxylation is 1. The summed E-state index contributed by atoms with van der Waals surface area (Å²) in [5.41, 5.74) is 4.50. The van der Waals surface area contributed by atoms with Crippen molar-refractivity contribution in [2.75, 3.05) is 30.3 Å². The van der Waals surface area contributed by atoms with Crippen molar-refractivity contribution in [2.45, 2.75) is 52.4 Å². The van der Waals surface area contributed by atoms with E-state index in [4.69, 9.17) is 19.7 Å². The maximum Gasteiger partial charge on any atom is 0.335 e. The van der Waals surface area contributed by atoms with E-state index >= 15 is 0 Å². The van der Waals surface area contributed by atoms with Crippen LogP contribution in [0.15, 0.2) is 111 Å². The van der Waals surface area contributed by atoms with Crippen LogP contribution in [0.25, 0.3) is 0 Å². The van der Waals surface area contributed by atoms with Gasteiger partial charge in [0.15, 0.2) is 0 Å². The number of nitrogens with zero attached hydrogens (tertiary/aromatic N) is 8. The van der Waals surface area contributed by atoms with E-state index in [0.717, 1.165) is 17.7 Å². The van der Waals surface area contributed by atoms with E-state index < -0.39 is 27.8 Å². The molecular formula is C41H44N8O8S. The molecule has 3 N–H and O–H groups in total. The van der Waals surface area contributed by atoms with Gasteiger partial charge in [0.2, 0.25) is 5.95 Å². The highest BCUT2D eigenvalue weighted by Crippen LogP contribution is 2.32. The van der Waals surface area contributed by atoms with Crippen molar-refractivity contribution in [3.05, 3.63) is 125 Å². The van der Waals surface area contributed by atoms with Crippen LogP contribution in [0, 0.1) is 6.92 Å². The minimum atomic E-state index is -4.21. The number of hydrogen-bond acceptors (Lipinski definition) is 13. The summed E-state index contributed by atoms with van der Waals surface area (Å²) in [6.07, 6.45) is 1.68. The lowest BCUT2D eigenvalue weighted by Crippen LogP contribution is -2.29. The number of aromatic nitrogens is 3.